The van der Waals surface area contributed by atoms with Crippen molar-refractivity contribution < 1.29 is 19.3 Å². The minimum atomic E-state index is -0.711. The Bertz CT molecular complexity index is 1070. The summed E-state index contributed by atoms with van der Waals surface area (Å²) in [6.07, 6.45) is 3.23. The zero-order valence-electron chi connectivity index (χ0n) is 16.1. The van der Waals surface area contributed by atoms with Crippen LogP contribution in [0.5, 0.6) is 5.75 Å². The number of carbonyl (C=O) groups is 1. The van der Waals surface area contributed by atoms with Crippen molar-refractivity contribution in [1.82, 2.24) is 15.0 Å². The number of hydrogen-bond acceptors (Lipinski definition) is 7. The van der Waals surface area contributed by atoms with Crippen molar-refractivity contribution in [2.45, 2.75) is 31.7 Å². The van der Waals surface area contributed by atoms with Crippen LogP contribution in [0.2, 0.25) is 0 Å². The Kier molecular flexibility index (Phi) is 5.42. The molecule has 1 aliphatic rings. The van der Waals surface area contributed by atoms with E-state index in [1.54, 1.807) is 4.90 Å². The highest BCUT2D eigenvalue weighted by Gasteiger charge is 2.33. The third kappa shape index (κ3) is 3.73. The van der Waals surface area contributed by atoms with Gasteiger partial charge in [-0.1, -0.05) is 42.3 Å². The monoisotopic (exact) mass is 408 g/mol. The number of amides is 1. The average Bonchev–Trinajstić information content (AvgIpc) is 3.12. The molecule has 1 aliphatic heterocycles. The van der Waals surface area contributed by atoms with Crippen molar-refractivity contribution in [1.29, 1.82) is 0 Å². The molecule has 0 bridgehead atoms. The Hall–Kier alpha value is -3.75. The first-order chi connectivity index (χ1) is 14.6. The van der Waals surface area contributed by atoms with E-state index in [0.717, 1.165) is 30.9 Å². The van der Waals surface area contributed by atoms with E-state index in [1.165, 1.54) is 12.1 Å². The highest BCUT2D eigenvalue weighted by Crippen LogP contribution is 2.35. The third-order valence-corrected chi connectivity index (χ3v) is 5.22. The number of nitrogens with zero attached hydrogens (tertiary/aromatic N) is 4. The summed E-state index contributed by atoms with van der Waals surface area (Å²) in [5, 5.41) is 25.5. The van der Waals surface area contributed by atoms with Gasteiger partial charge in [0.05, 0.1) is 16.5 Å². The fourth-order valence-corrected chi connectivity index (χ4v) is 3.69. The van der Waals surface area contributed by atoms with Gasteiger partial charge in [-0.15, -0.1) is 0 Å². The molecule has 1 saturated heterocycles. The van der Waals surface area contributed by atoms with Crippen molar-refractivity contribution in [3.63, 3.8) is 0 Å². The highest BCUT2D eigenvalue weighted by molar-refractivity contribution is 5.98. The zero-order valence-corrected chi connectivity index (χ0v) is 16.1. The fraction of sp³-hybridized carbons (Fsp3) is 0.286. The van der Waals surface area contributed by atoms with E-state index in [-0.39, 0.29) is 5.56 Å². The predicted molar refractivity (Wildman–Crippen MR) is 107 cm³/mol. The molecule has 1 N–H and O–H groups in total. The van der Waals surface area contributed by atoms with E-state index in [4.69, 9.17) is 4.52 Å². The number of nitro benzene ring substituents is 1. The van der Waals surface area contributed by atoms with Gasteiger partial charge in [-0.05, 0) is 31.0 Å². The average molecular weight is 408 g/mol. The van der Waals surface area contributed by atoms with E-state index < -0.39 is 28.3 Å². The van der Waals surface area contributed by atoms with Crippen LogP contribution in [0.1, 0.15) is 47.9 Å². The maximum atomic E-state index is 13.3. The normalized spacial score (nSPS) is 16.8. The lowest BCUT2D eigenvalue weighted by Gasteiger charge is -2.28. The molecule has 0 saturated carbocycles. The summed E-state index contributed by atoms with van der Waals surface area (Å²) in [6.45, 7) is 0.431. The van der Waals surface area contributed by atoms with Gasteiger partial charge in [-0.2, -0.15) is 4.98 Å². The Morgan fingerprint density at radius 2 is 1.93 bits per heavy atom. The van der Waals surface area contributed by atoms with Crippen LogP contribution in [-0.2, 0) is 0 Å². The first kappa shape index (κ1) is 19.6. The molecule has 30 heavy (non-hydrogen) atoms. The lowest BCUT2D eigenvalue weighted by molar-refractivity contribution is -0.385. The number of carbonyl (C=O) groups excluding carboxylic acids is 1. The van der Waals surface area contributed by atoms with Gasteiger partial charge in [-0.25, -0.2) is 0 Å². The summed E-state index contributed by atoms with van der Waals surface area (Å²) in [5.41, 5.74) is 0.167. The van der Waals surface area contributed by atoms with Crippen LogP contribution in [-0.4, -0.2) is 37.5 Å². The molecule has 0 radical (unpaired) electrons. The van der Waals surface area contributed by atoms with E-state index in [1.807, 2.05) is 30.3 Å². The molecule has 9 nitrogen and oxygen atoms in total. The second kappa shape index (κ2) is 8.32. The number of phenols is 1. The van der Waals surface area contributed by atoms with Gasteiger partial charge in [0, 0.05) is 18.2 Å². The first-order valence-corrected chi connectivity index (χ1v) is 9.72. The van der Waals surface area contributed by atoms with Crippen LogP contribution in [0, 0.1) is 10.1 Å². The zero-order chi connectivity index (χ0) is 21.1. The molecule has 154 valence electrons. The predicted octanol–water partition coefficient (Wildman–Crippen LogP) is 4.11. The summed E-state index contributed by atoms with van der Waals surface area (Å²) in [5.74, 6) is -0.378. The van der Waals surface area contributed by atoms with Crippen LogP contribution in [0.25, 0.3) is 11.5 Å². The largest absolute Gasteiger partial charge is 0.502 e. The molecule has 3 aromatic rings. The number of likely N-dealkylation sites (tertiary alicyclic amines) is 1. The lowest BCUT2D eigenvalue weighted by atomic mass is 10.1. The van der Waals surface area contributed by atoms with Gasteiger partial charge < -0.3 is 14.5 Å². The van der Waals surface area contributed by atoms with Gasteiger partial charge in [0.15, 0.2) is 5.82 Å². The summed E-state index contributed by atoms with van der Waals surface area (Å²) in [4.78, 5) is 29.8. The van der Waals surface area contributed by atoms with E-state index in [0.29, 0.717) is 24.7 Å². The van der Waals surface area contributed by atoms with Crippen LogP contribution >= 0.6 is 0 Å². The molecule has 4 rings (SSSR count). The van der Waals surface area contributed by atoms with Gasteiger partial charge in [0.25, 0.3) is 11.8 Å². The molecule has 0 aliphatic carbocycles. The fourth-order valence-electron chi connectivity index (χ4n) is 3.69. The number of hydrogen-bond donors (Lipinski definition) is 1. The van der Waals surface area contributed by atoms with Crippen molar-refractivity contribution in [2.24, 2.45) is 0 Å². The standard InChI is InChI=1S/C21H20N4O5/c26-18-15(10-7-12-16(18)25(28)29)21(27)24-13-6-2-5-11-17(24)19-22-20(30-23-19)14-8-3-1-4-9-14/h1,3-4,7-10,12,17,26H,2,5-6,11,13H2/t17-/m1/s1. The topological polar surface area (TPSA) is 123 Å². The summed E-state index contributed by atoms with van der Waals surface area (Å²) >= 11 is 0. The SMILES string of the molecule is O=C(c1cccc([N+](=O)[O-])c1O)N1CCCCC[C@@H]1c1noc(-c2ccccc2)n1. The molecule has 0 spiro atoms. The molecule has 1 amide bonds. The molecule has 1 fully saturated rings. The first-order valence-electron chi connectivity index (χ1n) is 9.72. The number of rotatable bonds is 4. The summed E-state index contributed by atoms with van der Waals surface area (Å²) in [6, 6.07) is 12.8. The summed E-state index contributed by atoms with van der Waals surface area (Å²) < 4.78 is 5.42. The second-order valence-corrected chi connectivity index (χ2v) is 7.12. The summed E-state index contributed by atoms with van der Waals surface area (Å²) in [7, 11) is 0. The molecule has 2 heterocycles. The van der Waals surface area contributed by atoms with Crippen molar-refractivity contribution in [3.8, 4) is 17.2 Å². The Morgan fingerprint density at radius 3 is 2.70 bits per heavy atom. The van der Waals surface area contributed by atoms with E-state index >= 15 is 0 Å². The van der Waals surface area contributed by atoms with Gasteiger partial charge >= 0.3 is 5.69 Å². The maximum absolute atomic E-state index is 13.3. The van der Waals surface area contributed by atoms with Gasteiger partial charge in [0.2, 0.25) is 5.75 Å². The second-order valence-electron chi connectivity index (χ2n) is 7.12. The molecule has 0 unspecified atom stereocenters. The number of phenolic OH excluding ortho intramolecular Hbond substituents is 1. The van der Waals surface area contributed by atoms with E-state index in [9.17, 15) is 20.0 Å². The number of aromatic nitrogens is 2. The number of benzene rings is 2. The molecule has 2 aromatic carbocycles. The van der Waals surface area contributed by atoms with Crippen LogP contribution in [0.4, 0.5) is 5.69 Å². The van der Waals surface area contributed by atoms with Gasteiger partial charge in [0.1, 0.15) is 0 Å². The Labute approximate surface area is 172 Å². The molecular formula is C21H20N4O5. The van der Waals surface area contributed by atoms with E-state index in [2.05, 4.69) is 10.1 Å². The molecular weight excluding hydrogens is 388 g/mol. The van der Waals surface area contributed by atoms with Crippen LogP contribution in [0.3, 0.4) is 0 Å². The smallest absolute Gasteiger partial charge is 0.311 e. The van der Waals surface area contributed by atoms with Gasteiger partial charge in [-0.3, -0.25) is 14.9 Å². The number of aromatic hydroxyl groups is 1. The van der Waals surface area contributed by atoms with Crippen LogP contribution in [0.15, 0.2) is 53.1 Å². The van der Waals surface area contributed by atoms with Crippen molar-refractivity contribution >= 4 is 11.6 Å². The number of para-hydroxylation sites is 1. The quantitative estimate of drug-likeness (QED) is 0.509. The minimum absolute atomic E-state index is 0.108. The van der Waals surface area contributed by atoms with Crippen molar-refractivity contribution in [3.05, 3.63) is 70.0 Å². The lowest BCUT2D eigenvalue weighted by Crippen LogP contribution is -2.35. The highest BCUT2D eigenvalue weighted by atomic mass is 16.6. The molecule has 1 atom stereocenters. The number of nitro groups is 1. The van der Waals surface area contributed by atoms with Crippen molar-refractivity contribution in [2.75, 3.05) is 6.54 Å². The Morgan fingerprint density at radius 1 is 1.13 bits per heavy atom. The molecule has 9 heteroatoms. The third-order valence-electron chi connectivity index (χ3n) is 5.22. The minimum Gasteiger partial charge on any atom is -0.502 e. The molecule has 1 aromatic heterocycles. The van der Waals surface area contributed by atoms with Crippen LogP contribution < -0.4 is 0 Å². The maximum Gasteiger partial charge on any atom is 0.311 e. The Balaban J connectivity index is 1.68.